The highest BCUT2D eigenvalue weighted by molar-refractivity contribution is 5.96. The molecule has 0 spiro atoms. The van der Waals surface area contributed by atoms with Gasteiger partial charge in [0.05, 0.1) is 6.54 Å². The molecule has 0 aliphatic carbocycles. The minimum Gasteiger partial charge on any atom is -0.381 e. The largest absolute Gasteiger partial charge is 0.381 e. The molecule has 29 heavy (non-hydrogen) atoms. The van der Waals surface area contributed by atoms with Gasteiger partial charge in [0.1, 0.15) is 11.6 Å². The van der Waals surface area contributed by atoms with Gasteiger partial charge < -0.3 is 19.9 Å². The Labute approximate surface area is 170 Å². The smallest absolute Gasteiger partial charge is 0.251 e. The monoisotopic (exact) mass is 397 g/mol. The van der Waals surface area contributed by atoms with Gasteiger partial charge in [-0.25, -0.2) is 0 Å². The number of hydrogen-bond acceptors (Lipinski definition) is 5. The molecule has 0 saturated carbocycles. The maximum absolute atomic E-state index is 12.3. The quantitative estimate of drug-likeness (QED) is 0.795. The first-order valence-corrected chi connectivity index (χ1v) is 10.3. The Morgan fingerprint density at radius 2 is 1.86 bits per heavy atom. The summed E-state index contributed by atoms with van der Waals surface area (Å²) in [5.41, 5.74) is 0.549. The Morgan fingerprint density at radius 1 is 1.07 bits per heavy atom. The molecule has 1 unspecified atom stereocenters. The van der Waals surface area contributed by atoms with Gasteiger partial charge in [-0.05, 0) is 37.8 Å². The molecule has 2 N–H and O–H groups in total. The summed E-state index contributed by atoms with van der Waals surface area (Å²) in [6.07, 6.45) is 4.42. The Kier molecular flexibility index (Phi) is 6.19. The Hall–Kier alpha value is -2.74. The fourth-order valence-corrected chi connectivity index (χ4v) is 4.04. The van der Waals surface area contributed by atoms with Crippen LogP contribution in [0.4, 0.5) is 0 Å². The number of ether oxygens (including phenoxy) is 1. The van der Waals surface area contributed by atoms with E-state index >= 15 is 0 Å². The van der Waals surface area contributed by atoms with Crippen molar-refractivity contribution in [3.05, 3.63) is 47.5 Å². The predicted molar refractivity (Wildman–Crippen MR) is 106 cm³/mol. The SMILES string of the molecule is O=C(CNC(=O)c1ccccc1)NC1CCc2nnc(C3CCOCC3)n2CC1. The maximum Gasteiger partial charge on any atom is 0.251 e. The van der Waals surface area contributed by atoms with Gasteiger partial charge in [0.2, 0.25) is 5.91 Å². The van der Waals surface area contributed by atoms with Gasteiger partial charge in [0.25, 0.3) is 5.91 Å². The summed E-state index contributed by atoms with van der Waals surface area (Å²) in [6, 6.07) is 8.97. The molecule has 154 valence electrons. The van der Waals surface area contributed by atoms with Crippen LogP contribution in [0.5, 0.6) is 0 Å². The molecular weight excluding hydrogens is 370 g/mol. The third-order valence-electron chi connectivity index (χ3n) is 5.67. The van der Waals surface area contributed by atoms with Crippen LogP contribution in [0.2, 0.25) is 0 Å². The molecule has 2 aliphatic heterocycles. The number of amides is 2. The number of benzene rings is 1. The van der Waals surface area contributed by atoms with Crippen LogP contribution in [0.25, 0.3) is 0 Å². The molecule has 4 rings (SSSR count). The molecule has 2 aromatic rings. The number of hydrogen-bond donors (Lipinski definition) is 2. The lowest BCUT2D eigenvalue weighted by Gasteiger charge is -2.22. The van der Waals surface area contributed by atoms with Crippen molar-refractivity contribution in [3.63, 3.8) is 0 Å². The third-order valence-corrected chi connectivity index (χ3v) is 5.67. The standard InChI is InChI=1S/C21H27N5O3/c27-19(14-22-21(28)16-4-2-1-3-5-16)23-17-6-7-18-24-25-20(26(18)11-8-17)15-9-12-29-13-10-15/h1-5,15,17H,6-14H2,(H,22,28)(H,23,27). The maximum atomic E-state index is 12.3. The molecular formula is C21H27N5O3. The lowest BCUT2D eigenvalue weighted by atomic mass is 9.99. The van der Waals surface area contributed by atoms with Crippen molar-refractivity contribution in [1.29, 1.82) is 0 Å². The van der Waals surface area contributed by atoms with E-state index in [0.717, 1.165) is 63.5 Å². The van der Waals surface area contributed by atoms with Crippen molar-refractivity contribution in [2.75, 3.05) is 19.8 Å². The van der Waals surface area contributed by atoms with E-state index in [0.29, 0.717) is 11.5 Å². The van der Waals surface area contributed by atoms with Crippen LogP contribution < -0.4 is 10.6 Å². The van der Waals surface area contributed by atoms with Crippen LogP contribution in [-0.4, -0.2) is 52.4 Å². The van der Waals surface area contributed by atoms with E-state index in [1.54, 1.807) is 24.3 Å². The summed E-state index contributed by atoms with van der Waals surface area (Å²) < 4.78 is 7.70. The Bertz CT molecular complexity index is 845. The number of aryl methyl sites for hydroxylation is 1. The van der Waals surface area contributed by atoms with Crippen LogP contribution in [0, 0.1) is 0 Å². The zero-order chi connectivity index (χ0) is 20.1. The Morgan fingerprint density at radius 3 is 2.66 bits per heavy atom. The number of carbonyl (C=O) groups is 2. The van der Waals surface area contributed by atoms with Gasteiger partial charge in [0, 0.05) is 43.7 Å². The van der Waals surface area contributed by atoms with Crippen molar-refractivity contribution in [3.8, 4) is 0 Å². The van der Waals surface area contributed by atoms with Crippen LogP contribution in [0.1, 0.15) is 53.6 Å². The third kappa shape index (κ3) is 4.82. The second-order valence-corrected chi connectivity index (χ2v) is 7.65. The van der Waals surface area contributed by atoms with Crippen LogP contribution in [-0.2, 0) is 22.5 Å². The number of nitrogens with one attached hydrogen (secondary N) is 2. The minimum atomic E-state index is -0.242. The minimum absolute atomic E-state index is 0.0241. The average Bonchev–Trinajstić information content (AvgIpc) is 3.07. The van der Waals surface area contributed by atoms with Crippen molar-refractivity contribution in [2.45, 2.75) is 50.6 Å². The van der Waals surface area contributed by atoms with Crippen molar-refractivity contribution >= 4 is 11.8 Å². The van der Waals surface area contributed by atoms with E-state index in [2.05, 4.69) is 25.4 Å². The van der Waals surface area contributed by atoms with Crippen molar-refractivity contribution in [2.24, 2.45) is 0 Å². The van der Waals surface area contributed by atoms with Gasteiger partial charge in [-0.3, -0.25) is 9.59 Å². The molecule has 8 heteroatoms. The summed E-state index contributed by atoms with van der Waals surface area (Å²) in [7, 11) is 0. The number of fused-ring (bicyclic) bond motifs is 1. The highest BCUT2D eigenvalue weighted by Gasteiger charge is 2.26. The summed E-state index contributed by atoms with van der Waals surface area (Å²) in [5.74, 6) is 2.06. The first kappa shape index (κ1) is 19.6. The zero-order valence-electron chi connectivity index (χ0n) is 16.5. The van der Waals surface area contributed by atoms with E-state index in [4.69, 9.17) is 4.74 Å². The fraction of sp³-hybridized carbons (Fsp3) is 0.524. The summed E-state index contributed by atoms with van der Waals surface area (Å²) in [6.45, 7) is 2.33. The number of carbonyl (C=O) groups excluding carboxylic acids is 2. The van der Waals surface area contributed by atoms with Crippen molar-refractivity contribution < 1.29 is 14.3 Å². The van der Waals surface area contributed by atoms with E-state index in [-0.39, 0.29) is 24.4 Å². The highest BCUT2D eigenvalue weighted by atomic mass is 16.5. The molecule has 8 nitrogen and oxygen atoms in total. The van der Waals surface area contributed by atoms with Gasteiger partial charge in [-0.15, -0.1) is 10.2 Å². The number of aromatic nitrogens is 3. The Balaban J connectivity index is 1.28. The molecule has 0 bridgehead atoms. The lowest BCUT2D eigenvalue weighted by molar-refractivity contribution is -0.120. The van der Waals surface area contributed by atoms with Gasteiger partial charge >= 0.3 is 0 Å². The predicted octanol–water partition coefficient (Wildman–Crippen LogP) is 1.42. The van der Waals surface area contributed by atoms with Crippen LogP contribution in [0.3, 0.4) is 0 Å². The zero-order valence-corrected chi connectivity index (χ0v) is 16.5. The average molecular weight is 397 g/mol. The van der Waals surface area contributed by atoms with Gasteiger partial charge in [0.15, 0.2) is 0 Å². The summed E-state index contributed by atoms with van der Waals surface area (Å²) in [5, 5.41) is 14.6. The van der Waals surface area contributed by atoms with Crippen LogP contribution >= 0.6 is 0 Å². The molecule has 2 amide bonds. The second kappa shape index (κ2) is 9.17. The number of rotatable bonds is 5. The summed E-state index contributed by atoms with van der Waals surface area (Å²) in [4.78, 5) is 24.4. The molecule has 1 fully saturated rings. The topological polar surface area (TPSA) is 98.1 Å². The van der Waals surface area contributed by atoms with Crippen molar-refractivity contribution in [1.82, 2.24) is 25.4 Å². The van der Waals surface area contributed by atoms with E-state index < -0.39 is 0 Å². The molecule has 1 aromatic carbocycles. The number of nitrogens with zero attached hydrogens (tertiary/aromatic N) is 3. The molecule has 1 saturated heterocycles. The highest BCUT2D eigenvalue weighted by Crippen LogP contribution is 2.27. The lowest BCUT2D eigenvalue weighted by Crippen LogP contribution is -2.42. The molecule has 0 radical (unpaired) electrons. The molecule has 3 heterocycles. The second-order valence-electron chi connectivity index (χ2n) is 7.65. The summed E-state index contributed by atoms with van der Waals surface area (Å²) >= 11 is 0. The van der Waals surface area contributed by atoms with Crippen LogP contribution in [0.15, 0.2) is 30.3 Å². The normalized spacial score (nSPS) is 19.8. The molecule has 1 atom stereocenters. The fourth-order valence-electron chi connectivity index (χ4n) is 4.04. The van der Waals surface area contributed by atoms with E-state index in [1.165, 1.54) is 0 Å². The first-order valence-electron chi connectivity index (χ1n) is 10.3. The first-order chi connectivity index (χ1) is 14.2. The van der Waals surface area contributed by atoms with E-state index in [1.807, 2.05) is 6.07 Å². The molecule has 1 aromatic heterocycles. The molecule has 2 aliphatic rings. The van der Waals surface area contributed by atoms with Gasteiger partial charge in [-0.1, -0.05) is 18.2 Å². The van der Waals surface area contributed by atoms with Gasteiger partial charge in [-0.2, -0.15) is 0 Å². The van der Waals surface area contributed by atoms with E-state index in [9.17, 15) is 9.59 Å².